The van der Waals surface area contributed by atoms with E-state index in [0.29, 0.717) is 28.2 Å². The van der Waals surface area contributed by atoms with Crippen LogP contribution in [0.3, 0.4) is 0 Å². The van der Waals surface area contributed by atoms with E-state index in [1.165, 1.54) is 18.2 Å². The number of amides is 2. The Kier molecular flexibility index (Phi) is 7.44. The summed E-state index contributed by atoms with van der Waals surface area (Å²) >= 11 is 0. The fourth-order valence-corrected chi connectivity index (χ4v) is 6.15. The maximum Gasteiger partial charge on any atom is 0.408 e. The fraction of sp³-hybridized carbons (Fsp3) is 0.387. The standard InChI is InChI=1S/C31H29B3F2N6O4/c1-29(2,3)46-28(44)40-30(4,5)26-37-13-16(14-38-26)15-9-10-18-19(11-15)41-20-12-21(24(41)39-18)42(31(32,33)34)25(43)17-7-6-8-22(23(17)20)45-27(35)36/h6-11,13-14,20-21,27H,12H2,1-5H3,(H,40,44)/t20-,21+/m0/s1. The molecule has 2 aromatic heterocycles. The third-order valence-corrected chi connectivity index (χ3v) is 7.92. The molecule has 230 valence electrons. The third kappa shape index (κ3) is 5.60. The van der Waals surface area contributed by atoms with Crippen molar-refractivity contribution in [2.75, 3.05) is 0 Å². The van der Waals surface area contributed by atoms with Crippen molar-refractivity contribution in [3.05, 3.63) is 71.6 Å². The number of rotatable bonds is 6. The Balaban J connectivity index is 1.42. The summed E-state index contributed by atoms with van der Waals surface area (Å²) < 4.78 is 39.2. The molecule has 1 N–H and O–H groups in total. The number of hydrogen-bond donors (Lipinski definition) is 1. The van der Waals surface area contributed by atoms with Gasteiger partial charge in [0.25, 0.3) is 5.91 Å². The monoisotopic (exact) mass is 620 g/mol. The number of halogens is 2. The van der Waals surface area contributed by atoms with E-state index in [-0.39, 0.29) is 23.3 Å². The molecular weight excluding hydrogens is 591 g/mol. The minimum absolute atomic E-state index is 0.103. The van der Waals surface area contributed by atoms with Crippen LogP contribution in [-0.2, 0) is 10.3 Å². The van der Waals surface area contributed by atoms with Gasteiger partial charge in [0, 0.05) is 35.5 Å². The van der Waals surface area contributed by atoms with Gasteiger partial charge in [-0.1, -0.05) is 17.4 Å². The van der Waals surface area contributed by atoms with Crippen LogP contribution >= 0.6 is 0 Å². The van der Waals surface area contributed by atoms with Crippen LogP contribution in [0.1, 0.15) is 80.7 Å². The van der Waals surface area contributed by atoms with Crippen molar-refractivity contribution in [2.45, 2.75) is 76.1 Å². The van der Waals surface area contributed by atoms with E-state index < -0.39 is 47.1 Å². The highest BCUT2D eigenvalue weighted by Crippen LogP contribution is 2.51. The van der Waals surface area contributed by atoms with Crippen LogP contribution in [-0.4, -0.2) is 77.4 Å². The van der Waals surface area contributed by atoms with Gasteiger partial charge >= 0.3 is 12.7 Å². The van der Waals surface area contributed by atoms with Crippen molar-refractivity contribution in [3.63, 3.8) is 0 Å². The molecule has 2 aliphatic rings. The minimum atomic E-state index is -3.12. The first-order valence-electron chi connectivity index (χ1n) is 14.6. The van der Waals surface area contributed by atoms with Crippen LogP contribution in [0.15, 0.2) is 48.8 Å². The van der Waals surface area contributed by atoms with E-state index in [1.807, 2.05) is 16.7 Å². The van der Waals surface area contributed by atoms with E-state index >= 15 is 0 Å². The molecule has 15 heteroatoms. The SMILES string of the molecule is [B]C([B])([B])N1C(=O)c2cccc(OC(F)F)c2[C@@H]2C[C@@H]1c1nc3ccc(-c4cnc(C(C)(C)NC(=O)OC(C)(C)C)nc4)cc3n12. The molecular formula is C31H29B3F2N6O4. The van der Waals surface area contributed by atoms with Crippen molar-refractivity contribution in [3.8, 4) is 16.9 Å². The summed E-state index contributed by atoms with van der Waals surface area (Å²) in [6.07, 6.45) is 2.92. The molecule has 2 amide bonds. The minimum Gasteiger partial charge on any atom is -0.444 e. The highest BCUT2D eigenvalue weighted by atomic mass is 19.3. The number of alkyl halides is 2. The van der Waals surface area contributed by atoms with Crippen molar-refractivity contribution < 1.29 is 27.8 Å². The Morgan fingerprint density at radius 1 is 1.02 bits per heavy atom. The summed E-state index contributed by atoms with van der Waals surface area (Å²) in [6, 6.07) is 8.52. The lowest BCUT2D eigenvalue weighted by atomic mass is 9.48. The van der Waals surface area contributed by atoms with E-state index in [2.05, 4.69) is 15.3 Å². The highest BCUT2D eigenvalue weighted by Gasteiger charge is 2.48. The van der Waals surface area contributed by atoms with Crippen molar-refractivity contribution >= 4 is 46.6 Å². The number of nitrogens with zero attached hydrogens (tertiary/aromatic N) is 5. The second-order valence-electron chi connectivity index (χ2n) is 13.0. The molecule has 0 fully saturated rings. The number of hydrogen-bond acceptors (Lipinski definition) is 7. The van der Waals surface area contributed by atoms with Crippen LogP contribution in [0.5, 0.6) is 5.75 Å². The van der Waals surface area contributed by atoms with E-state index in [9.17, 15) is 18.4 Å². The lowest BCUT2D eigenvalue weighted by Crippen LogP contribution is -2.54. The Hall–Kier alpha value is -4.42. The number of ether oxygens (including phenoxy) is 2. The van der Waals surface area contributed by atoms with Gasteiger partial charge in [-0.05, 0) is 64.4 Å². The van der Waals surface area contributed by atoms with E-state index in [0.717, 1.165) is 10.5 Å². The molecule has 2 bridgehead atoms. The molecule has 0 aliphatic carbocycles. The van der Waals surface area contributed by atoms with Gasteiger partial charge in [0.1, 0.15) is 17.2 Å². The van der Waals surface area contributed by atoms with Gasteiger partial charge in [-0.15, -0.1) is 0 Å². The summed E-state index contributed by atoms with van der Waals surface area (Å²) in [5.74, 6) is 0.0751. The maximum absolute atomic E-state index is 13.8. The predicted octanol–water partition coefficient (Wildman–Crippen LogP) is 4.46. The molecule has 0 spiro atoms. The smallest absolute Gasteiger partial charge is 0.408 e. The van der Waals surface area contributed by atoms with Crippen LogP contribution in [0.25, 0.3) is 22.2 Å². The van der Waals surface area contributed by atoms with Crippen LogP contribution in [0.2, 0.25) is 0 Å². The second-order valence-corrected chi connectivity index (χ2v) is 13.0. The molecule has 4 aromatic rings. The molecule has 0 unspecified atom stereocenters. The normalized spacial score (nSPS) is 17.9. The second kappa shape index (κ2) is 10.8. The van der Waals surface area contributed by atoms with Gasteiger partial charge in [-0.2, -0.15) is 8.78 Å². The summed E-state index contributed by atoms with van der Waals surface area (Å²) in [7, 11) is 18.3. The third-order valence-electron chi connectivity index (χ3n) is 7.92. The zero-order valence-corrected chi connectivity index (χ0v) is 25.9. The van der Waals surface area contributed by atoms with Crippen molar-refractivity contribution in [1.29, 1.82) is 0 Å². The fourth-order valence-electron chi connectivity index (χ4n) is 6.15. The first kappa shape index (κ1) is 31.6. The maximum atomic E-state index is 13.8. The lowest BCUT2D eigenvalue weighted by Gasteiger charge is -2.41. The number of carbonyl (C=O) groups is 2. The molecule has 10 nitrogen and oxygen atoms in total. The molecule has 4 heterocycles. The Bertz CT molecular complexity index is 1850. The summed E-state index contributed by atoms with van der Waals surface area (Å²) in [5, 5.41) is 0.723. The first-order chi connectivity index (χ1) is 21.4. The number of benzene rings is 2. The van der Waals surface area contributed by atoms with Crippen LogP contribution in [0.4, 0.5) is 13.6 Å². The Labute approximate surface area is 268 Å². The Morgan fingerprint density at radius 2 is 1.72 bits per heavy atom. The van der Waals surface area contributed by atoms with Crippen LogP contribution < -0.4 is 10.1 Å². The lowest BCUT2D eigenvalue weighted by molar-refractivity contribution is -0.0507. The molecule has 0 saturated carbocycles. The van der Waals surface area contributed by atoms with Crippen LogP contribution in [0, 0.1) is 0 Å². The first-order valence-corrected chi connectivity index (χ1v) is 14.6. The number of aromatic nitrogens is 4. The van der Waals surface area contributed by atoms with Gasteiger partial charge < -0.3 is 24.3 Å². The molecule has 2 aliphatic heterocycles. The zero-order chi connectivity index (χ0) is 33.3. The predicted molar refractivity (Wildman–Crippen MR) is 168 cm³/mol. The average molecular weight is 620 g/mol. The molecule has 2 atom stereocenters. The summed E-state index contributed by atoms with van der Waals surface area (Å²) in [5.41, 5.74) is 1.46. The van der Waals surface area contributed by atoms with Gasteiger partial charge in [-0.25, -0.2) is 19.7 Å². The van der Waals surface area contributed by atoms with Gasteiger partial charge in [0.15, 0.2) is 5.82 Å². The van der Waals surface area contributed by atoms with Gasteiger partial charge in [0.05, 0.1) is 52.2 Å². The summed E-state index contributed by atoms with van der Waals surface area (Å²) in [4.78, 5) is 41.1. The molecule has 46 heavy (non-hydrogen) atoms. The Morgan fingerprint density at radius 3 is 2.35 bits per heavy atom. The molecule has 2 aromatic carbocycles. The van der Waals surface area contributed by atoms with Gasteiger partial charge in [-0.3, -0.25) is 4.79 Å². The van der Waals surface area contributed by atoms with Gasteiger partial charge in [0.2, 0.25) is 0 Å². The highest BCUT2D eigenvalue weighted by molar-refractivity contribution is 6.60. The quantitative estimate of drug-likeness (QED) is 0.317. The average Bonchev–Trinajstić information content (AvgIpc) is 3.43. The van der Waals surface area contributed by atoms with Crippen molar-refractivity contribution in [1.82, 2.24) is 29.7 Å². The largest absolute Gasteiger partial charge is 0.444 e. The molecule has 6 rings (SSSR count). The molecule has 6 radical (unpaired) electrons. The zero-order valence-electron chi connectivity index (χ0n) is 25.9. The number of imidazole rings is 1. The van der Waals surface area contributed by atoms with Crippen molar-refractivity contribution in [2.24, 2.45) is 0 Å². The number of nitrogens with one attached hydrogen (secondary N) is 1. The van der Waals surface area contributed by atoms with E-state index in [4.69, 9.17) is 38.0 Å². The molecule has 0 saturated heterocycles. The number of fused-ring (bicyclic) bond motifs is 9. The number of carbonyl (C=O) groups excluding carboxylic acids is 2. The topological polar surface area (TPSA) is 111 Å². The number of alkyl carbamates (subject to hydrolysis) is 1. The van der Waals surface area contributed by atoms with E-state index in [1.54, 1.807) is 53.1 Å². The summed E-state index contributed by atoms with van der Waals surface area (Å²) in [6.45, 7) is 5.75.